The Morgan fingerprint density at radius 1 is 1.32 bits per heavy atom. The molecule has 0 aromatic carbocycles. The molecule has 1 N–H and O–H groups in total. The molecule has 0 aliphatic carbocycles. The number of nitrogens with zero attached hydrogens (tertiary/aromatic N) is 1. The van der Waals surface area contributed by atoms with Gasteiger partial charge in [0.2, 0.25) is 5.91 Å². The maximum atomic E-state index is 12.5. The molecule has 1 aliphatic heterocycles. The van der Waals surface area contributed by atoms with E-state index in [2.05, 4.69) is 12.2 Å². The molecule has 1 heterocycles. The van der Waals surface area contributed by atoms with Crippen LogP contribution in [-0.4, -0.2) is 42.0 Å². The molecule has 1 rings (SSSR count). The second-order valence-corrected chi connectivity index (χ2v) is 5.82. The van der Waals surface area contributed by atoms with Gasteiger partial charge in [0.05, 0.1) is 0 Å². The summed E-state index contributed by atoms with van der Waals surface area (Å²) in [6.07, 6.45) is -0.168. The highest BCUT2D eigenvalue weighted by Gasteiger charge is 2.47. The SMILES string of the molecule is CCCC[C@@H](CC)CNC(=O)[C@@H]1CCCN1C(=O)C(F)(F)F. The number of halogens is 3. The number of amides is 2. The standard InChI is InChI=1S/C15H25F3N2O2/c1-3-5-7-11(4-2)10-19-13(21)12-8-6-9-20(12)14(22)15(16,17)18/h11-12H,3-10H2,1-2H3,(H,19,21)/t11-,12+/m1/s1. The van der Waals surface area contributed by atoms with Gasteiger partial charge in [-0.15, -0.1) is 0 Å². The van der Waals surface area contributed by atoms with Crippen molar-refractivity contribution >= 4 is 11.8 Å². The fourth-order valence-corrected chi connectivity index (χ4v) is 2.75. The lowest BCUT2D eigenvalue weighted by molar-refractivity contribution is -0.186. The molecule has 4 nitrogen and oxygen atoms in total. The molecule has 1 saturated heterocycles. The van der Waals surface area contributed by atoms with E-state index in [1.54, 1.807) is 0 Å². The summed E-state index contributed by atoms with van der Waals surface area (Å²) < 4.78 is 37.6. The molecule has 0 radical (unpaired) electrons. The highest BCUT2D eigenvalue weighted by molar-refractivity contribution is 5.90. The Labute approximate surface area is 129 Å². The highest BCUT2D eigenvalue weighted by atomic mass is 19.4. The lowest BCUT2D eigenvalue weighted by Gasteiger charge is -2.25. The van der Waals surface area contributed by atoms with E-state index in [1.165, 1.54) is 0 Å². The average molecular weight is 322 g/mol. The second-order valence-electron chi connectivity index (χ2n) is 5.82. The molecule has 7 heteroatoms. The Bertz CT molecular complexity index is 385. The molecule has 0 aromatic rings. The molecule has 2 atom stereocenters. The fourth-order valence-electron chi connectivity index (χ4n) is 2.75. The lowest BCUT2D eigenvalue weighted by Crippen LogP contribution is -2.50. The summed E-state index contributed by atoms with van der Waals surface area (Å²) >= 11 is 0. The summed E-state index contributed by atoms with van der Waals surface area (Å²) in [6, 6.07) is -0.988. The zero-order chi connectivity index (χ0) is 16.8. The quantitative estimate of drug-likeness (QED) is 0.783. The van der Waals surface area contributed by atoms with Crippen molar-refractivity contribution in [2.75, 3.05) is 13.1 Å². The second kappa shape index (κ2) is 8.39. The zero-order valence-corrected chi connectivity index (χ0v) is 13.2. The van der Waals surface area contributed by atoms with Gasteiger partial charge in [0.15, 0.2) is 0 Å². The van der Waals surface area contributed by atoms with Crippen molar-refractivity contribution in [2.45, 2.75) is 64.6 Å². The number of carbonyl (C=O) groups is 2. The first-order chi connectivity index (χ1) is 10.3. The van der Waals surface area contributed by atoms with Crippen LogP contribution >= 0.6 is 0 Å². The van der Waals surface area contributed by atoms with E-state index in [-0.39, 0.29) is 6.54 Å². The number of hydrogen-bond donors (Lipinski definition) is 1. The van der Waals surface area contributed by atoms with Gasteiger partial charge >= 0.3 is 12.1 Å². The van der Waals surface area contributed by atoms with Crippen molar-refractivity contribution in [2.24, 2.45) is 5.92 Å². The Hall–Kier alpha value is -1.27. The van der Waals surface area contributed by atoms with E-state index in [0.29, 0.717) is 30.2 Å². The number of carbonyl (C=O) groups excluding carboxylic acids is 2. The van der Waals surface area contributed by atoms with Crippen LogP contribution in [0.5, 0.6) is 0 Å². The summed E-state index contributed by atoms with van der Waals surface area (Å²) in [6.45, 7) is 4.56. The van der Waals surface area contributed by atoms with Gasteiger partial charge in [-0.1, -0.05) is 33.1 Å². The lowest BCUT2D eigenvalue weighted by atomic mass is 9.99. The first kappa shape index (κ1) is 18.8. The molecule has 0 spiro atoms. The summed E-state index contributed by atoms with van der Waals surface area (Å²) in [5.74, 6) is -2.05. The van der Waals surface area contributed by atoms with Gasteiger partial charge in [0.1, 0.15) is 6.04 Å². The van der Waals surface area contributed by atoms with Crippen molar-refractivity contribution in [1.82, 2.24) is 10.2 Å². The van der Waals surface area contributed by atoms with Gasteiger partial charge in [-0.2, -0.15) is 13.2 Å². The molecule has 128 valence electrons. The van der Waals surface area contributed by atoms with E-state index in [0.717, 1.165) is 25.7 Å². The average Bonchev–Trinajstić information content (AvgIpc) is 2.94. The largest absolute Gasteiger partial charge is 0.471 e. The van der Waals surface area contributed by atoms with Crippen molar-refractivity contribution in [3.63, 3.8) is 0 Å². The van der Waals surface area contributed by atoms with Gasteiger partial charge in [-0.3, -0.25) is 9.59 Å². The van der Waals surface area contributed by atoms with E-state index < -0.39 is 24.0 Å². The minimum atomic E-state index is -4.92. The normalized spacial score (nSPS) is 20.0. The highest BCUT2D eigenvalue weighted by Crippen LogP contribution is 2.25. The Morgan fingerprint density at radius 3 is 2.55 bits per heavy atom. The third kappa shape index (κ3) is 5.18. The fraction of sp³-hybridized carbons (Fsp3) is 0.867. The van der Waals surface area contributed by atoms with Crippen molar-refractivity contribution in [1.29, 1.82) is 0 Å². The number of unbranched alkanes of at least 4 members (excludes halogenated alkanes) is 1. The molecular weight excluding hydrogens is 297 g/mol. The molecule has 0 saturated carbocycles. The van der Waals surface area contributed by atoms with Gasteiger partial charge in [0, 0.05) is 13.1 Å². The van der Waals surface area contributed by atoms with Crippen LogP contribution in [0.3, 0.4) is 0 Å². The maximum Gasteiger partial charge on any atom is 0.471 e. The topological polar surface area (TPSA) is 49.4 Å². The monoisotopic (exact) mass is 322 g/mol. The van der Waals surface area contributed by atoms with E-state index in [9.17, 15) is 22.8 Å². The molecule has 1 aliphatic rings. The predicted molar refractivity (Wildman–Crippen MR) is 77.1 cm³/mol. The van der Waals surface area contributed by atoms with Gasteiger partial charge in [-0.05, 0) is 25.2 Å². The van der Waals surface area contributed by atoms with Crippen LogP contribution in [0.25, 0.3) is 0 Å². The molecular formula is C15H25F3N2O2. The van der Waals surface area contributed by atoms with Gasteiger partial charge in [0.25, 0.3) is 0 Å². The van der Waals surface area contributed by atoms with Crippen LogP contribution in [0.15, 0.2) is 0 Å². The number of alkyl halides is 3. The minimum absolute atomic E-state index is 0.0104. The third-order valence-corrected chi connectivity index (χ3v) is 4.17. The summed E-state index contributed by atoms with van der Waals surface area (Å²) in [7, 11) is 0. The predicted octanol–water partition coefficient (Wildman–Crippen LogP) is 2.87. The van der Waals surface area contributed by atoms with E-state index in [4.69, 9.17) is 0 Å². The van der Waals surface area contributed by atoms with Gasteiger partial charge in [-0.25, -0.2) is 0 Å². The van der Waals surface area contributed by atoms with E-state index in [1.807, 2.05) is 6.92 Å². The van der Waals surface area contributed by atoms with Crippen LogP contribution in [0.2, 0.25) is 0 Å². The molecule has 0 unspecified atom stereocenters. The molecule has 22 heavy (non-hydrogen) atoms. The number of likely N-dealkylation sites (tertiary alicyclic amines) is 1. The van der Waals surface area contributed by atoms with Crippen LogP contribution in [-0.2, 0) is 9.59 Å². The number of nitrogens with one attached hydrogen (secondary N) is 1. The van der Waals surface area contributed by atoms with Crippen LogP contribution in [0.1, 0.15) is 52.4 Å². The van der Waals surface area contributed by atoms with Crippen molar-refractivity contribution in [3.8, 4) is 0 Å². The molecule has 0 aromatic heterocycles. The van der Waals surface area contributed by atoms with E-state index >= 15 is 0 Å². The third-order valence-electron chi connectivity index (χ3n) is 4.17. The smallest absolute Gasteiger partial charge is 0.354 e. The summed E-state index contributed by atoms with van der Waals surface area (Å²) in [5, 5.41) is 2.72. The number of hydrogen-bond acceptors (Lipinski definition) is 2. The first-order valence-corrected chi connectivity index (χ1v) is 7.96. The van der Waals surface area contributed by atoms with Gasteiger partial charge < -0.3 is 10.2 Å². The van der Waals surface area contributed by atoms with Crippen molar-refractivity contribution < 1.29 is 22.8 Å². The minimum Gasteiger partial charge on any atom is -0.354 e. The number of rotatable bonds is 7. The molecule has 2 amide bonds. The summed E-state index contributed by atoms with van der Waals surface area (Å²) in [4.78, 5) is 24.1. The Morgan fingerprint density at radius 2 is 2.00 bits per heavy atom. The molecule has 0 bridgehead atoms. The van der Waals surface area contributed by atoms with Crippen LogP contribution < -0.4 is 5.32 Å². The first-order valence-electron chi connectivity index (χ1n) is 7.96. The zero-order valence-electron chi connectivity index (χ0n) is 13.2. The maximum absolute atomic E-state index is 12.5. The summed E-state index contributed by atoms with van der Waals surface area (Å²) in [5.41, 5.74) is 0. The van der Waals surface area contributed by atoms with Crippen LogP contribution in [0, 0.1) is 5.92 Å². The Kier molecular flexibility index (Phi) is 7.16. The van der Waals surface area contributed by atoms with Crippen molar-refractivity contribution in [3.05, 3.63) is 0 Å². The molecule has 1 fully saturated rings. The Balaban J connectivity index is 2.55. The van der Waals surface area contributed by atoms with Crippen LogP contribution in [0.4, 0.5) is 13.2 Å².